The minimum absolute atomic E-state index is 0.0471. The van der Waals surface area contributed by atoms with Gasteiger partial charge < -0.3 is 14.8 Å². The van der Waals surface area contributed by atoms with Crippen LogP contribution in [0, 0.1) is 0 Å². The van der Waals surface area contributed by atoms with Crippen LogP contribution in [0.25, 0.3) is 0 Å². The van der Waals surface area contributed by atoms with E-state index < -0.39 is 0 Å². The van der Waals surface area contributed by atoms with Crippen molar-refractivity contribution in [2.45, 2.75) is 28.6 Å². The van der Waals surface area contributed by atoms with Gasteiger partial charge in [0.2, 0.25) is 5.91 Å². The fourth-order valence-corrected chi connectivity index (χ4v) is 4.65. The van der Waals surface area contributed by atoms with Crippen molar-refractivity contribution in [3.63, 3.8) is 0 Å². The van der Waals surface area contributed by atoms with Gasteiger partial charge in [-0.15, -0.1) is 11.8 Å². The highest BCUT2D eigenvalue weighted by Crippen LogP contribution is 2.34. The van der Waals surface area contributed by atoms with E-state index in [9.17, 15) is 9.59 Å². The van der Waals surface area contributed by atoms with Crippen molar-refractivity contribution in [1.29, 1.82) is 0 Å². The largest absolute Gasteiger partial charge is 0.497 e. The zero-order valence-electron chi connectivity index (χ0n) is 15.6. The number of methoxy groups -OCH3 is 2. The van der Waals surface area contributed by atoms with E-state index in [0.29, 0.717) is 27.6 Å². The van der Waals surface area contributed by atoms with E-state index in [-0.39, 0.29) is 17.2 Å². The number of rotatable bonds is 6. The van der Waals surface area contributed by atoms with Gasteiger partial charge in [-0.1, -0.05) is 18.7 Å². The van der Waals surface area contributed by atoms with E-state index in [1.807, 2.05) is 0 Å². The summed E-state index contributed by atoms with van der Waals surface area (Å²) in [5, 5.41) is 3.72. The molecule has 1 aromatic carbocycles. The van der Waals surface area contributed by atoms with Crippen LogP contribution in [0.3, 0.4) is 0 Å². The van der Waals surface area contributed by atoms with Gasteiger partial charge in [0, 0.05) is 24.8 Å². The average molecular weight is 408 g/mol. The number of amides is 1. The first kappa shape index (κ1) is 19.6. The molecule has 1 unspecified atom stereocenters. The Kier molecular flexibility index (Phi) is 6.01. The summed E-state index contributed by atoms with van der Waals surface area (Å²) in [6, 6.07) is 5.17. The molecular formula is C18H21N3O4S2. The summed E-state index contributed by atoms with van der Waals surface area (Å²) >= 11 is 2.81. The van der Waals surface area contributed by atoms with Crippen LogP contribution in [0.15, 0.2) is 33.0 Å². The van der Waals surface area contributed by atoms with Crippen LogP contribution in [0.2, 0.25) is 0 Å². The Morgan fingerprint density at radius 1 is 1.41 bits per heavy atom. The van der Waals surface area contributed by atoms with Crippen molar-refractivity contribution in [1.82, 2.24) is 9.55 Å². The minimum Gasteiger partial charge on any atom is -0.497 e. The highest BCUT2D eigenvalue weighted by molar-refractivity contribution is 8.00. The molecule has 1 amide bonds. The lowest BCUT2D eigenvalue weighted by Gasteiger charge is -2.12. The quantitative estimate of drug-likeness (QED) is 0.582. The van der Waals surface area contributed by atoms with Crippen molar-refractivity contribution in [2.24, 2.45) is 7.05 Å². The Labute approximate surface area is 165 Å². The Bertz CT molecular complexity index is 930. The van der Waals surface area contributed by atoms with Crippen LogP contribution in [0.5, 0.6) is 11.5 Å². The van der Waals surface area contributed by atoms with Crippen molar-refractivity contribution >= 4 is 35.1 Å². The Hall–Kier alpha value is -2.13. The van der Waals surface area contributed by atoms with Gasteiger partial charge in [0.05, 0.1) is 36.2 Å². The van der Waals surface area contributed by atoms with E-state index in [0.717, 1.165) is 17.0 Å². The van der Waals surface area contributed by atoms with Crippen LogP contribution in [0.4, 0.5) is 5.69 Å². The Morgan fingerprint density at radius 3 is 2.89 bits per heavy atom. The summed E-state index contributed by atoms with van der Waals surface area (Å²) in [5.74, 6) is 1.09. The van der Waals surface area contributed by atoms with Gasteiger partial charge in [-0.2, -0.15) is 0 Å². The van der Waals surface area contributed by atoms with Gasteiger partial charge >= 0.3 is 0 Å². The first-order valence-electron chi connectivity index (χ1n) is 8.34. The van der Waals surface area contributed by atoms with Gasteiger partial charge in [-0.3, -0.25) is 14.2 Å². The predicted molar refractivity (Wildman–Crippen MR) is 107 cm³/mol. The molecule has 0 bridgehead atoms. The third-order valence-electron chi connectivity index (χ3n) is 4.09. The summed E-state index contributed by atoms with van der Waals surface area (Å²) in [6.45, 7) is 2.08. The molecule has 1 aliphatic heterocycles. The molecule has 0 aliphatic carbocycles. The smallest absolute Gasteiger partial charge is 0.267 e. The first-order valence-corrected chi connectivity index (χ1v) is 10.2. The van der Waals surface area contributed by atoms with Crippen LogP contribution in [-0.2, 0) is 18.3 Å². The molecule has 0 saturated heterocycles. The number of ether oxygens (including phenoxy) is 2. The molecular weight excluding hydrogens is 386 g/mol. The highest BCUT2D eigenvalue weighted by atomic mass is 32.2. The summed E-state index contributed by atoms with van der Waals surface area (Å²) < 4.78 is 11.9. The number of nitrogens with zero attached hydrogens (tertiary/aromatic N) is 2. The number of hydrogen-bond acceptors (Lipinski definition) is 7. The maximum Gasteiger partial charge on any atom is 0.267 e. The van der Waals surface area contributed by atoms with E-state index in [4.69, 9.17) is 9.47 Å². The average Bonchev–Trinajstić information content (AvgIpc) is 3.04. The van der Waals surface area contributed by atoms with Crippen molar-refractivity contribution in [3.8, 4) is 11.5 Å². The second kappa shape index (κ2) is 8.26. The summed E-state index contributed by atoms with van der Waals surface area (Å²) in [7, 11) is 4.78. The molecule has 1 N–H and O–H groups in total. The van der Waals surface area contributed by atoms with Crippen molar-refractivity contribution in [2.75, 3.05) is 25.3 Å². The van der Waals surface area contributed by atoms with Gasteiger partial charge in [0.1, 0.15) is 11.5 Å². The SMILES string of the molecule is COc1ccc(NC(=O)CSc2nc3c(c(=O)n2C)SC(C)C3)c(OC)c1. The van der Waals surface area contributed by atoms with Crippen molar-refractivity contribution in [3.05, 3.63) is 34.2 Å². The zero-order chi connectivity index (χ0) is 19.6. The third-order valence-corrected chi connectivity index (χ3v) is 6.34. The molecule has 0 saturated carbocycles. The molecule has 7 nitrogen and oxygen atoms in total. The second-order valence-corrected chi connectivity index (χ2v) is 8.46. The lowest BCUT2D eigenvalue weighted by Crippen LogP contribution is -2.23. The molecule has 9 heteroatoms. The number of benzene rings is 1. The molecule has 0 fully saturated rings. The van der Waals surface area contributed by atoms with E-state index in [1.54, 1.807) is 44.1 Å². The number of hydrogen-bond donors (Lipinski definition) is 1. The fourth-order valence-electron chi connectivity index (χ4n) is 2.72. The molecule has 1 atom stereocenters. The van der Waals surface area contributed by atoms with Crippen molar-refractivity contribution < 1.29 is 14.3 Å². The van der Waals surface area contributed by atoms with Crippen LogP contribution >= 0.6 is 23.5 Å². The number of carbonyl (C=O) groups is 1. The maximum absolute atomic E-state index is 12.5. The molecule has 0 radical (unpaired) electrons. The second-order valence-electron chi connectivity index (χ2n) is 6.07. The minimum atomic E-state index is -0.207. The van der Waals surface area contributed by atoms with Crippen LogP contribution in [0.1, 0.15) is 12.6 Å². The standard InChI is InChI=1S/C18H21N3O4S2/c1-10-7-13-16(27-10)17(23)21(2)18(20-13)26-9-15(22)19-12-6-5-11(24-3)8-14(12)25-4/h5-6,8,10H,7,9H2,1-4H3,(H,19,22). The van der Waals surface area contributed by atoms with Crippen LogP contribution in [-0.4, -0.2) is 40.7 Å². The first-order chi connectivity index (χ1) is 12.9. The fraction of sp³-hybridized carbons (Fsp3) is 0.389. The molecule has 2 heterocycles. The topological polar surface area (TPSA) is 82.5 Å². The lowest BCUT2D eigenvalue weighted by molar-refractivity contribution is -0.113. The van der Waals surface area contributed by atoms with E-state index >= 15 is 0 Å². The molecule has 144 valence electrons. The third kappa shape index (κ3) is 4.24. The molecule has 2 aromatic rings. The molecule has 1 aliphatic rings. The number of aromatic nitrogens is 2. The van der Waals surface area contributed by atoms with Gasteiger partial charge in [-0.05, 0) is 12.1 Å². The summed E-state index contributed by atoms with van der Waals surface area (Å²) in [6.07, 6.45) is 0.777. The molecule has 3 rings (SSSR count). The number of fused-ring (bicyclic) bond motifs is 1. The predicted octanol–water partition coefficient (Wildman–Crippen LogP) is 2.57. The number of anilines is 1. The number of nitrogens with one attached hydrogen (secondary N) is 1. The maximum atomic E-state index is 12.5. The van der Waals surface area contributed by atoms with E-state index in [1.165, 1.54) is 23.4 Å². The monoisotopic (exact) mass is 407 g/mol. The molecule has 27 heavy (non-hydrogen) atoms. The van der Waals surface area contributed by atoms with E-state index in [2.05, 4.69) is 17.2 Å². The number of thioether (sulfide) groups is 2. The zero-order valence-corrected chi connectivity index (χ0v) is 17.2. The normalized spacial score (nSPS) is 15.3. The summed E-state index contributed by atoms with van der Waals surface area (Å²) in [4.78, 5) is 30.1. The van der Waals surface area contributed by atoms with Gasteiger partial charge in [0.15, 0.2) is 5.16 Å². The number of carbonyl (C=O) groups excluding carboxylic acids is 1. The Balaban J connectivity index is 1.69. The lowest BCUT2D eigenvalue weighted by atomic mass is 10.2. The molecule has 0 spiro atoms. The summed E-state index contributed by atoms with van der Waals surface area (Å²) in [5.41, 5.74) is 1.34. The van der Waals surface area contributed by atoms with Gasteiger partial charge in [-0.25, -0.2) is 4.98 Å². The highest BCUT2D eigenvalue weighted by Gasteiger charge is 2.25. The molecule has 1 aromatic heterocycles. The van der Waals surface area contributed by atoms with Crippen LogP contribution < -0.4 is 20.3 Å². The van der Waals surface area contributed by atoms with Gasteiger partial charge in [0.25, 0.3) is 5.56 Å². The Morgan fingerprint density at radius 2 is 2.19 bits per heavy atom.